The van der Waals surface area contributed by atoms with Gasteiger partial charge in [0.05, 0.1) is 5.60 Å². The smallest absolute Gasteiger partial charge is 0.268 e. The van der Waals surface area contributed by atoms with Gasteiger partial charge in [-0.2, -0.15) is 0 Å². The minimum atomic E-state index is -1.11. The molecule has 0 aliphatic heterocycles. The summed E-state index contributed by atoms with van der Waals surface area (Å²) >= 11 is 1.38. The average Bonchev–Trinajstić information content (AvgIpc) is 3.17. The quantitative estimate of drug-likeness (QED) is 0.461. The molecule has 31 heavy (non-hydrogen) atoms. The van der Waals surface area contributed by atoms with Crippen LogP contribution in [0.3, 0.4) is 0 Å². The number of aryl methyl sites for hydroxylation is 3. The molecule has 3 heterocycles. The normalized spacial score (nSPS) is 11.8. The number of aliphatic hydroxyl groups is 1. The number of halogens is 1. The van der Waals surface area contributed by atoms with Crippen molar-refractivity contribution in [1.29, 1.82) is 0 Å². The molecule has 160 valence electrons. The summed E-state index contributed by atoms with van der Waals surface area (Å²) in [5.41, 5.74) is 2.13. The fraction of sp³-hybridized carbons (Fsp3) is 0.250. The lowest BCUT2D eigenvalue weighted by Crippen LogP contribution is -2.17. The molecule has 0 fully saturated rings. The summed E-state index contributed by atoms with van der Waals surface area (Å²) in [5, 5.41) is 13.2. The van der Waals surface area contributed by atoms with E-state index in [1.165, 1.54) is 28.0 Å². The van der Waals surface area contributed by atoms with Crippen LogP contribution < -0.4 is 10.3 Å². The molecule has 0 bridgehead atoms. The van der Waals surface area contributed by atoms with Gasteiger partial charge in [-0.3, -0.25) is 4.79 Å². The number of pyridine rings is 2. The molecule has 0 saturated heterocycles. The Hall–Kier alpha value is -3.03. The zero-order valence-electron chi connectivity index (χ0n) is 18.0. The van der Waals surface area contributed by atoms with Crippen molar-refractivity contribution in [2.24, 2.45) is 7.05 Å². The third-order valence-electron chi connectivity index (χ3n) is 5.26. The highest BCUT2D eigenvalue weighted by atomic mass is 32.1. The standard InChI is InChI=1S/C24H23FN2O3S/c1-13-8-16(25)9-14(2)20(13)30-22-18(10-15(11-26-22)24(3,4)29)19-12-27(5)23(28)21-17(19)6-7-31-21/h6-12,29H,1-5H3. The highest BCUT2D eigenvalue weighted by Crippen LogP contribution is 2.39. The van der Waals surface area contributed by atoms with E-state index in [-0.39, 0.29) is 11.4 Å². The maximum atomic E-state index is 13.8. The van der Waals surface area contributed by atoms with Crippen molar-refractivity contribution in [2.45, 2.75) is 33.3 Å². The van der Waals surface area contributed by atoms with E-state index >= 15 is 0 Å². The van der Waals surface area contributed by atoms with Gasteiger partial charge in [-0.25, -0.2) is 9.37 Å². The van der Waals surface area contributed by atoms with Crippen LogP contribution in [0.1, 0.15) is 30.5 Å². The number of hydrogen-bond donors (Lipinski definition) is 1. The van der Waals surface area contributed by atoms with Crippen molar-refractivity contribution in [1.82, 2.24) is 9.55 Å². The zero-order chi connectivity index (χ0) is 22.5. The second kappa shape index (κ2) is 7.59. The van der Waals surface area contributed by atoms with Gasteiger partial charge in [0, 0.05) is 41.5 Å². The SMILES string of the molecule is Cc1cc(F)cc(C)c1Oc1ncc(C(C)(C)O)cc1-c1cn(C)c(=O)c2sccc12. The molecule has 0 saturated carbocycles. The first kappa shape index (κ1) is 21.2. The minimum absolute atomic E-state index is 0.0759. The predicted octanol–water partition coefficient (Wildman–Crippen LogP) is 5.44. The van der Waals surface area contributed by atoms with Gasteiger partial charge in [0.1, 0.15) is 16.3 Å². The molecule has 0 unspecified atom stereocenters. The van der Waals surface area contributed by atoms with Gasteiger partial charge in [0.15, 0.2) is 0 Å². The molecular weight excluding hydrogens is 415 g/mol. The minimum Gasteiger partial charge on any atom is -0.438 e. The van der Waals surface area contributed by atoms with Crippen molar-refractivity contribution in [3.05, 3.63) is 74.9 Å². The molecule has 0 atom stereocenters. The Morgan fingerprint density at radius 2 is 1.84 bits per heavy atom. The number of thiophene rings is 1. The van der Waals surface area contributed by atoms with Crippen molar-refractivity contribution in [3.8, 4) is 22.8 Å². The number of benzene rings is 1. The lowest BCUT2D eigenvalue weighted by atomic mass is 9.96. The number of nitrogens with zero attached hydrogens (tertiary/aromatic N) is 2. The fourth-order valence-corrected chi connectivity index (χ4v) is 4.49. The average molecular weight is 439 g/mol. The van der Waals surface area contributed by atoms with Gasteiger partial charge in [0.25, 0.3) is 5.56 Å². The second-order valence-corrected chi connectivity index (χ2v) is 9.14. The summed E-state index contributed by atoms with van der Waals surface area (Å²) in [6.45, 7) is 6.92. The highest BCUT2D eigenvalue weighted by Gasteiger charge is 2.23. The Bertz CT molecular complexity index is 1340. The van der Waals surface area contributed by atoms with E-state index < -0.39 is 5.60 Å². The molecular formula is C24H23FN2O3S. The molecule has 4 rings (SSSR count). The summed E-state index contributed by atoms with van der Waals surface area (Å²) < 4.78 is 22.1. The van der Waals surface area contributed by atoms with Crippen LogP contribution >= 0.6 is 11.3 Å². The number of aromatic nitrogens is 2. The van der Waals surface area contributed by atoms with E-state index in [9.17, 15) is 14.3 Å². The largest absolute Gasteiger partial charge is 0.438 e. The lowest BCUT2D eigenvalue weighted by Gasteiger charge is -2.21. The monoisotopic (exact) mass is 438 g/mol. The maximum absolute atomic E-state index is 13.8. The Morgan fingerprint density at radius 1 is 1.16 bits per heavy atom. The third-order valence-corrected chi connectivity index (χ3v) is 6.17. The van der Waals surface area contributed by atoms with Gasteiger partial charge < -0.3 is 14.4 Å². The first-order chi connectivity index (χ1) is 14.6. The number of hydrogen-bond acceptors (Lipinski definition) is 5. The Kier molecular flexibility index (Phi) is 5.19. The van der Waals surface area contributed by atoms with Gasteiger partial charge in [-0.15, -0.1) is 11.3 Å². The van der Waals surface area contributed by atoms with E-state index in [0.717, 1.165) is 10.9 Å². The van der Waals surface area contributed by atoms with Crippen LogP contribution in [0, 0.1) is 19.7 Å². The summed E-state index contributed by atoms with van der Waals surface area (Å²) in [6.07, 6.45) is 3.32. The second-order valence-electron chi connectivity index (χ2n) is 8.23. The molecule has 0 aliphatic rings. The van der Waals surface area contributed by atoms with E-state index in [1.54, 1.807) is 47.1 Å². The van der Waals surface area contributed by atoms with Gasteiger partial charge in [-0.05, 0) is 68.5 Å². The number of fused-ring (bicyclic) bond motifs is 1. The third kappa shape index (κ3) is 3.86. The summed E-state index contributed by atoms with van der Waals surface area (Å²) in [5.74, 6) is 0.514. The maximum Gasteiger partial charge on any atom is 0.268 e. The molecule has 1 N–H and O–H groups in total. The molecule has 4 aromatic rings. The molecule has 0 spiro atoms. The number of ether oxygens (including phenoxy) is 1. The molecule has 0 radical (unpaired) electrons. The highest BCUT2D eigenvalue weighted by molar-refractivity contribution is 7.17. The molecule has 3 aromatic heterocycles. The first-order valence-electron chi connectivity index (χ1n) is 9.81. The molecule has 1 aromatic carbocycles. The molecule has 0 amide bonds. The van der Waals surface area contributed by atoms with Crippen molar-refractivity contribution in [2.75, 3.05) is 0 Å². The van der Waals surface area contributed by atoms with E-state index in [2.05, 4.69) is 4.98 Å². The van der Waals surface area contributed by atoms with Crippen LogP contribution in [0.2, 0.25) is 0 Å². The van der Waals surface area contributed by atoms with Crippen molar-refractivity contribution in [3.63, 3.8) is 0 Å². The van der Waals surface area contributed by atoms with Gasteiger partial charge >= 0.3 is 0 Å². The summed E-state index contributed by atoms with van der Waals surface area (Å²) in [7, 11) is 1.70. The first-order valence-corrected chi connectivity index (χ1v) is 10.7. The van der Waals surface area contributed by atoms with Gasteiger partial charge in [-0.1, -0.05) is 0 Å². The van der Waals surface area contributed by atoms with Gasteiger partial charge in [0.2, 0.25) is 5.88 Å². The summed E-state index contributed by atoms with van der Waals surface area (Å²) in [4.78, 5) is 17.1. The Balaban J connectivity index is 1.98. The summed E-state index contributed by atoms with van der Waals surface area (Å²) in [6, 6.07) is 6.55. The Morgan fingerprint density at radius 3 is 2.48 bits per heavy atom. The topological polar surface area (TPSA) is 64.3 Å². The molecule has 7 heteroatoms. The van der Waals surface area contributed by atoms with Crippen LogP contribution in [0.25, 0.3) is 21.2 Å². The van der Waals surface area contributed by atoms with Crippen molar-refractivity contribution >= 4 is 21.4 Å². The Labute approximate surface area is 183 Å². The zero-order valence-corrected chi connectivity index (χ0v) is 18.8. The van der Waals surface area contributed by atoms with E-state index in [4.69, 9.17) is 4.74 Å². The van der Waals surface area contributed by atoms with Crippen LogP contribution in [0.4, 0.5) is 4.39 Å². The predicted molar refractivity (Wildman–Crippen MR) is 121 cm³/mol. The van der Waals surface area contributed by atoms with Crippen LogP contribution in [0.5, 0.6) is 11.6 Å². The van der Waals surface area contributed by atoms with Crippen LogP contribution in [-0.4, -0.2) is 14.7 Å². The van der Waals surface area contributed by atoms with Crippen LogP contribution in [0.15, 0.2) is 46.8 Å². The molecule has 5 nitrogen and oxygen atoms in total. The molecule has 0 aliphatic carbocycles. The van der Waals surface area contributed by atoms with Crippen molar-refractivity contribution < 1.29 is 14.2 Å². The number of rotatable bonds is 4. The van der Waals surface area contributed by atoms with Crippen LogP contribution in [-0.2, 0) is 12.6 Å². The van der Waals surface area contributed by atoms with E-state index in [1.807, 2.05) is 17.5 Å². The fourth-order valence-electron chi connectivity index (χ4n) is 3.60. The van der Waals surface area contributed by atoms with E-state index in [0.29, 0.717) is 38.6 Å². The lowest BCUT2D eigenvalue weighted by molar-refractivity contribution is 0.0782.